The van der Waals surface area contributed by atoms with E-state index >= 15 is 0 Å². The van der Waals surface area contributed by atoms with Crippen molar-refractivity contribution in [3.8, 4) is 0 Å². The van der Waals surface area contributed by atoms with Crippen molar-refractivity contribution in [2.45, 2.75) is 25.7 Å². The van der Waals surface area contributed by atoms with E-state index < -0.39 is 0 Å². The number of hydrogen-bond donors (Lipinski definition) is 1. The highest BCUT2D eigenvalue weighted by molar-refractivity contribution is 5.26. The molecule has 0 saturated heterocycles. The molecular formula is C9H14N2O. The average molecular weight is 166 g/mol. The van der Waals surface area contributed by atoms with Gasteiger partial charge in [-0.3, -0.25) is 0 Å². The van der Waals surface area contributed by atoms with Crippen molar-refractivity contribution in [2.75, 3.05) is 6.54 Å². The molecule has 0 spiro atoms. The van der Waals surface area contributed by atoms with Crippen LogP contribution in [0.2, 0.25) is 0 Å². The quantitative estimate of drug-likeness (QED) is 0.720. The molecule has 3 nitrogen and oxygen atoms in total. The topological polar surface area (TPSA) is 52.0 Å². The lowest BCUT2D eigenvalue weighted by molar-refractivity contribution is 0.367. The van der Waals surface area contributed by atoms with Crippen molar-refractivity contribution >= 4 is 0 Å². The van der Waals surface area contributed by atoms with Crippen LogP contribution in [0.25, 0.3) is 0 Å². The molecule has 2 unspecified atom stereocenters. The van der Waals surface area contributed by atoms with Crippen LogP contribution in [0.5, 0.6) is 0 Å². The van der Waals surface area contributed by atoms with E-state index in [-0.39, 0.29) is 0 Å². The van der Waals surface area contributed by atoms with Gasteiger partial charge in [-0.25, -0.2) is 0 Å². The molecule has 1 aliphatic rings. The van der Waals surface area contributed by atoms with E-state index in [0.29, 0.717) is 11.8 Å². The zero-order valence-corrected chi connectivity index (χ0v) is 7.29. The number of nitrogens with zero attached hydrogens (tertiary/aromatic N) is 1. The van der Waals surface area contributed by atoms with Crippen LogP contribution >= 0.6 is 0 Å². The predicted molar refractivity (Wildman–Crippen MR) is 45.8 cm³/mol. The minimum Gasteiger partial charge on any atom is -0.361 e. The van der Waals surface area contributed by atoms with Gasteiger partial charge in [-0.05, 0) is 24.8 Å². The minimum absolute atomic E-state index is 0.580. The molecule has 0 saturated carbocycles. The Bertz CT molecular complexity index is 269. The molecule has 0 aromatic carbocycles. The van der Waals surface area contributed by atoms with Crippen LogP contribution in [-0.2, 0) is 6.42 Å². The second-order valence-electron chi connectivity index (χ2n) is 3.57. The summed E-state index contributed by atoms with van der Waals surface area (Å²) in [5.41, 5.74) is 6.83. The summed E-state index contributed by atoms with van der Waals surface area (Å²) >= 11 is 0. The third kappa shape index (κ3) is 1.05. The fourth-order valence-electron chi connectivity index (χ4n) is 2.09. The van der Waals surface area contributed by atoms with Gasteiger partial charge in [0.15, 0.2) is 0 Å². The summed E-state index contributed by atoms with van der Waals surface area (Å²) < 4.78 is 5.13. The molecule has 12 heavy (non-hydrogen) atoms. The molecule has 1 aromatic heterocycles. The van der Waals surface area contributed by atoms with Crippen molar-refractivity contribution in [1.82, 2.24) is 5.16 Å². The Labute approximate surface area is 71.9 Å². The summed E-state index contributed by atoms with van der Waals surface area (Å²) in [4.78, 5) is 0. The Morgan fingerprint density at radius 3 is 3.33 bits per heavy atom. The molecule has 1 aliphatic carbocycles. The Morgan fingerprint density at radius 1 is 1.75 bits per heavy atom. The van der Waals surface area contributed by atoms with Gasteiger partial charge in [0.25, 0.3) is 0 Å². The molecular weight excluding hydrogens is 152 g/mol. The third-order valence-corrected chi connectivity index (χ3v) is 2.75. The Hall–Kier alpha value is -0.830. The Morgan fingerprint density at radius 2 is 2.58 bits per heavy atom. The van der Waals surface area contributed by atoms with Gasteiger partial charge >= 0.3 is 0 Å². The maximum Gasteiger partial charge on any atom is 0.140 e. The van der Waals surface area contributed by atoms with Gasteiger partial charge in [-0.15, -0.1) is 0 Å². The fraction of sp³-hybridized carbons (Fsp3) is 0.667. The highest BCUT2D eigenvalue weighted by Crippen LogP contribution is 2.39. The summed E-state index contributed by atoms with van der Waals surface area (Å²) in [5.74, 6) is 2.32. The van der Waals surface area contributed by atoms with Crippen molar-refractivity contribution in [3.05, 3.63) is 17.5 Å². The molecule has 2 rings (SSSR count). The van der Waals surface area contributed by atoms with Gasteiger partial charge in [0.2, 0.25) is 0 Å². The highest BCUT2D eigenvalue weighted by atomic mass is 16.5. The molecule has 0 amide bonds. The molecule has 1 heterocycles. The van der Waals surface area contributed by atoms with Gasteiger partial charge in [0.05, 0.1) is 6.20 Å². The first-order chi connectivity index (χ1) is 5.83. The number of aromatic nitrogens is 1. The molecule has 2 atom stereocenters. The first kappa shape index (κ1) is 7.80. The zero-order chi connectivity index (χ0) is 8.55. The molecule has 66 valence electrons. The third-order valence-electron chi connectivity index (χ3n) is 2.75. The van der Waals surface area contributed by atoms with Crippen LogP contribution in [0.1, 0.15) is 30.6 Å². The second kappa shape index (κ2) is 2.90. The van der Waals surface area contributed by atoms with Crippen LogP contribution in [0.15, 0.2) is 10.7 Å². The number of nitrogens with two attached hydrogens (primary N) is 1. The number of fused-ring (bicyclic) bond motifs is 1. The molecule has 0 fully saturated rings. The van der Waals surface area contributed by atoms with Gasteiger partial charge in [-0.1, -0.05) is 12.1 Å². The molecule has 1 aromatic rings. The summed E-state index contributed by atoms with van der Waals surface area (Å²) in [7, 11) is 0. The minimum atomic E-state index is 0.580. The van der Waals surface area contributed by atoms with Crippen LogP contribution in [0.4, 0.5) is 0 Å². The Balaban J connectivity index is 2.23. The normalized spacial score (nSPS) is 27.5. The molecule has 0 bridgehead atoms. The van der Waals surface area contributed by atoms with E-state index in [1.807, 2.05) is 6.20 Å². The van der Waals surface area contributed by atoms with Crippen LogP contribution in [0.3, 0.4) is 0 Å². The van der Waals surface area contributed by atoms with Gasteiger partial charge < -0.3 is 10.3 Å². The van der Waals surface area contributed by atoms with E-state index in [1.165, 1.54) is 5.56 Å². The first-order valence-electron chi connectivity index (χ1n) is 4.46. The van der Waals surface area contributed by atoms with E-state index in [1.54, 1.807) is 0 Å². The van der Waals surface area contributed by atoms with Crippen molar-refractivity contribution < 1.29 is 4.52 Å². The molecule has 0 aliphatic heterocycles. The molecule has 3 heteroatoms. The summed E-state index contributed by atoms with van der Waals surface area (Å²) in [6, 6.07) is 0. The first-order valence-corrected chi connectivity index (χ1v) is 4.46. The lowest BCUT2D eigenvalue weighted by Gasteiger charge is -2.13. The average Bonchev–Trinajstić information content (AvgIpc) is 2.56. The van der Waals surface area contributed by atoms with Crippen molar-refractivity contribution in [1.29, 1.82) is 0 Å². The smallest absolute Gasteiger partial charge is 0.140 e. The lowest BCUT2D eigenvalue weighted by Crippen LogP contribution is -2.10. The maximum absolute atomic E-state index is 5.55. The van der Waals surface area contributed by atoms with E-state index in [2.05, 4.69) is 12.1 Å². The van der Waals surface area contributed by atoms with Crippen LogP contribution in [-0.4, -0.2) is 11.7 Å². The van der Waals surface area contributed by atoms with Crippen LogP contribution < -0.4 is 5.73 Å². The monoisotopic (exact) mass is 166 g/mol. The summed E-state index contributed by atoms with van der Waals surface area (Å²) in [6.07, 6.45) is 3.93. The maximum atomic E-state index is 5.55. The standard InChI is InChI=1S/C9H14N2O/c1-6-4-9-8(5-11-12-9)7(6)2-3-10/h5-7H,2-4,10H2,1H3. The van der Waals surface area contributed by atoms with E-state index in [9.17, 15) is 0 Å². The fourth-order valence-corrected chi connectivity index (χ4v) is 2.09. The highest BCUT2D eigenvalue weighted by Gasteiger charge is 2.31. The van der Waals surface area contributed by atoms with Crippen molar-refractivity contribution in [3.63, 3.8) is 0 Å². The number of rotatable bonds is 2. The lowest BCUT2D eigenvalue weighted by atomic mass is 9.92. The molecule has 0 radical (unpaired) electrons. The van der Waals surface area contributed by atoms with Gasteiger partial charge in [0.1, 0.15) is 5.76 Å². The van der Waals surface area contributed by atoms with E-state index in [0.717, 1.165) is 25.1 Å². The van der Waals surface area contributed by atoms with Gasteiger partial charge in [-0.2, -0.15) is 0 Å². The van der Waals surface area contributed by atoms with Crippen molar-refractivity contribution in [2.24, 2.45) is 11.7 Å². The van der Waals surface area contributed by atoms with Gasteiger partial charge in [0, 0.05) is 12.0 Å². The SMILES string of the molecule is CC1Cc2oncc2C1CCN. The predicted octanol–water partition coefficient (Wildman–Crippen LogP) is 1.30. The van der Waals surface area contributed by atoms with E-state index in [4.69, 9.17) is 10.3 Å². The Kier molecular flexibility index (Phi) is 1.89. The summed E-state index contributed by atoms with van der Waals surface area (Å²) in [6.45, 7) is 3.00. The second-order valence-corrected chi connectivity index (χ2v) is 3.57. The summed E-state index contributed by atoms with van der Waals surface area (Å²) in [5, 5.41) is 3.79. The van der Waals surface area contributed by atoms with Crippen LogP contribution in [0, 0.1) is 5.92 Å². The molecule has 2 N–H and O–H groups in total. The number of hydrogen-bond acceptors (Lipinski definition) is 3. The largest absolute Gasteiger partial charge is 0.361 e. The zero-order valence-electron chi connectivity index (χ0n) is 7.29.